The zero-order chi connectivity index (χ0) is 7.40. The summed E-state index contributed by atoms with van der Waals surface area (Å²) in [5.74, 6) is 0.628. The van der Waals surface area contributed by atoms with Gasteiger partial charge in [0, 0.05) is 12.6 Å². The van der Waals surface area contributed by atoms with Crippen LogP contribution in [-0.4, -0.2) is 18.9 Å². The molecule has 1 fully saturated rings. The number of carbonyl (C=O) groups excluding carboxylic acids is 1. The lowest BCUT2D eigenvalue weighted by Gasteiger charge is -2.17. The summed E-state index contributed by atoms with van der Waals surface area (Å²) in [4.78, 5) is 10.5. The van der Waals surface area contributed by atoms with Gasteiger partial charge in [-0.2, -0.15) is 0 Å². The molecule has 3 nitrogen and oxygen atoms in total. The molecule has 10 heavy (non-hydrogen) atoms. The first-order valence-corrected chi connectivity index (χ1v) is 3.38. The number of rotatable bonds is 1. The first kappa shape index (κ1) is 7.12. The number of carbonyl (C=O) groups is 1. The molecule has 0 aromatic heterocycles. The minimum Gasteiger partial charge on any atom is -0.479 e. The van der Waals surface area contributed by atoms with Crippen LogP contribution in [0.1, 0.15) is 13.3 Å². The number of ether oxygens (including phenoxy) is 1. The summed E-state index contributed by atoms with van der Waals surface area (Å²) in [5, 5.41) is 2.97. The summed E-state index contributed by atoms with van der Waals surface area (Å²) >= 11 is 0. The van der Waals surface area contributed by atoms with E-state index < -0.39 is 0 Å². The molecule has 1 saturated heterocycles. The fraction of sp³-hybridized carbons (Fsp3) is 0.571. The van der Waals surface area contributed by atoms with Gasteiger partial charge in [0.05, 0.1) is 6.61 Å². The molecule has 56 valence electrons. The highest BCUT2D eigenvalue weighted by molar-refractivity contribution is 5.87. The topological polar surface area (TPSA) is 38.3 Å². The van der Waals surface area contributed by atoms with Crippen molar-refractivity contribution in [3.63, 3.8) is 0 Å². The van der Waals surface area contributed by atoms with E-state index in [0.29, 0.717) is 12.5 Å². The van der Waals surface area contributed by atoms with Gasteiger partial charge in [-0.15, -0.1) is 0 Å². The normalized spacial score (nSPS) is 21.5. The Kier molecular flexibility index (Phi) is 2.31. The van der Waals surface area contributed by atoms with Gasteiger partial charge < -0.3 is 10.1 Å². The highest BCUT2D eigenvalue weighted by Crippen LogP contribution is 1.99. The molecule has 1 aliphatic heterocycles. The Labute approximate surface area is 60.1 Å². The standard InChI is InChI=1S/C7H11NO2/c1-6(9)5-7-8-3-2-4-10-7/h5,8H,2-4H2,1H3. The van der Waals surface area contributed by atoms with Crippen LogP contribution < -0.4 is 5.32 Å². The third-order valence-electron chi connectivity index (χ3n) is 1.21. The summed E-state index contributed by atoms with van der Waals surface area (Å²) in [7, 11) is 0. The number of hydrogen-bond donors (Lipinski definition) is 1. The molecule has 0 bridgehead atoms. The lowest BCUT2D eigenvalue weighted by molar-refractivity contribution is -0.112. The maximum Gasteiger partial charge on any atom is 0.190 e. The van der Waals surface area contributed by atoms with E-state index in [1.165, 1.54) is 13.0 Å². The minimum absolute atomic E-state index is 0.0180. The third kappa shape index (κ3) is 2.09. The maximum absolute atomic E-state index is 10.5. The first-order chi connectivity index (χ1) is 4.79. The van der Waals surface area contributed by atoms with Crippen LogP contribution in [0, 0.1) is 0 Å². The van der Waals surface area contributed by atoms with E-state index in [0.717, 1.165) is 13.0 Å². The molecule has 0 aliphatic carbocycles. The van der Waals surface area contributed by atoms with Gasteiger partial charge >= 0.3 is 0 Å². The number of ketones is 1. The molecular formula is C7H11NO2. The second-order valence-corrected chi connectivity index (χ2v) is 2.25. The van der Waals surface area contributed by atoms with Crippen LogP contribution >= 0.6 is 0 Å². The molecule has 0 radical (unpaired) electrons. The van der Waals surface area contributed by atoms with E-state index in [4.69, 9.17) is 4.74 Å². The van der Waals surface area contributed by atoms with Gasteiger partial charge in [0.15, 0.2) is 11.7 Å². The van der Waals surface area contributed by atoms with Crippen LogP contribution in [0.5, 0.6) is 0 Å². The molecule has 1 rings (SSSR count). The quantitative estimate of drug-likeness (QED) is 0.538. The van der Waals surface area contributed by atoms with E-state index in [2.05, 4.69) is 5.32 Å². The lowest BCUT2D eigenvalue weighted by atomic mass is 10.3. The average Bonchev–Trinajstić information content (AvgIpc) is 1.88. The van der Waals surface area contributed by atoms with Gasteiger partial charge in [-0.3, -0.25) is 4.79 Å². The van der Waals surface area contributed by atoms with E-state index in [1.807, 2.05) is 0 Å². The van der Waals surface area contributed by atoms with E-state index in [-0.39, 0.29) is 5.78 Å². The Hall–Kier alpha value is -0.990. The van der Waals surface area contributed by atoms with Crippen LogP contribution in [0.15, 0.2) is 12.0 Å². The van der Waals surface area contributed by atoms with Crippen LogP contribution in [0.3, 0.4) is 0 Å². The Morgan fingerprint density at radius 2 is 2.60 bits per heavy atom. The molecule has 0 unspecified atom stereocenters. The molecule has 0 atom stereocenters. The predicted molar refractivity (Wildman–Crippen MR) is 37.3 cm³/mol. The van der Waals surface area contributed by atoms with Crippen LogP contribution in [-0.2, 0) is 9.53 Å². The van der Waals surface area contributed by atoms with Gasteiger partial charge in [0.25, 0.3) is 0 Å². The molecule has 1 N–H and O–H groups in total. The average molecular weight is 141 g/mol. The Bertz CT molecular complexity index is 155. The second-order valence-electron chi connectivity index (χ2n) is 2.25. The summed E-state index contributed by atoms with van der Waals surface area (Å²) in [6.07, 6.45) is 2.48. The number of allylic oxidation sites excluding steroid dienone is 1. The van der Waals surface area contributed by atoms with Gasteiger partial charge in [-0.05, 0) is 13.3 Å². The van der Waals surface area contributed by atoms with Crippen LogP contribution in [0.25, 0.3) is 0 Å². The second kappa shape index (κ2) is 3.25. The summed E-state index contributed by atoms with van der Waals surface area (Å²) in [6.45, 7) is 3.12. The first-order valence-electron chi connectivity index (χ1n) is 3.38. The van der Waals surface area contributed by atoms with Crippen molar-refractivity contribution in [3.8, 4) is 0 Å². The smallest absolute Gasteiger partial charge is 0.190 e. The molecule has 0 aromatic carbocycles. The van der Waals surface area contributed by atoms with Crippen molar-refractivity contribution >= 4 is 5.78 Å². The van der Waals surface area contributed by atoms with Crippen molar-refractivity contribution in [1.29, 1.82) is 0 Å². The lowest BCUT2D eigenvalue weighted by Crippen LogP contribution is -2.25. The summed E-state index contributed by atoms with van der Waals surface area (Å²) < 4.78 is 5.12. The van der Waals surface area contributed by atoms with Crippen molar-refractivity contribution in [1.82, 2.24) is 5.32 Å². The molecule has 3 heteroatoms. The molecular weight excluding hydrogens is 130 g/mol. The van der Waals surface area contributed by atoms with E-state index in [9.17, 15) is 4.79 Å². The van der Waals surface area contributed by atoms with Gasteiger partial charge in [0.1, 0.15) is 0 Å². The van der Waals surface area contributed by atoms with Crippen LogP contribution in [0.2, 0.25) is 0 Å². The van der Waals surface area contributed by atoms with E-state index >= 15 is 0 Å². The van der Waals surface area contributed by atoms with Crippen molar-refractivity contribution in [3.05, 3.63) is 12.0 Å². The SMILES string of the molecule is CC(=O)C=C1NCCCO1. The largest absolute Gasteiger partial charge is 0.479 e. The Morgan fingerprint density at radius 3 is 3.10 bits per heavy atom. The number of nitrogens with one attached hydrogen (secondary N) is 1. The Balaban J connectivity index is 2.45. The fourth-order valence-electron chi connectivity index (χ4n) is 0.794. The molecule has 0 aromatic rings. The van der Waals surface area contributed by atoms with Gasteiger partial charge in [-0.25, -0.2) is 0 Å². The van der Waals surface area contributed by atoms with Gasteiger partial charge in [0.2, 0.25) is 0 Å². The molecule has 1 heterocycles. The van der Waals surface area contributed by atoms with Gasteiger partial charge in [-0.1, -0.05) is 0 Å². The van der Waals surface area contributed by atoms with E-state index in [1.54, 1.807) is 0 Å². The van der Waals surface area contributed by atoms with Crippen molar-refractivity contribution in [2.24, 2.45) is 0 Å². The van der Waals surface area contributed by atoms with Crippen molar-refractivity contribution < 1.29 is 9.53 Å². The molecule has 1 aliphatic rings. The molecule has 0 saturated carbocycles. The molecule has 0 amide bonds. The Morgan fingerprint density at radius 1 is 1.80 bits per heavy atom. The molecule has 0 spiro atoms. The maximum atomic E-state index is 10.5. The fourth-order valence-corrected chi connectivity index (χ4v) is 0.794. The summed E-state index contributed by atoms with van der Waals surface area (Å²) in [5.41, 5.74) is 0. The summed E-state index contributed by atoms with van der Waals surface area (Å²) in [6, 6.07) is 0. The highest BCUT2D eigenvalue weighted by Gasteiger charge is 2.03. The highest BCUT2D eigenvalue weighted by atomic mass is 16.5. The monoisotopic (exact) mass is 141 g/mol. The van der Waals surface area contributed by atoms with Crippen molar-refractivity contribution in [2.75, 3.05) is 13.2 Å². The number of hydrogen-bond acceptors (Lipinski definition) is 3. The zero-order valence-corrected chi connectivity index (χ0v) is 6.02. The minimum atomic E-state index is 0.0180. The van der Waals surface area contributed by atoms with Crippen molar-refractivity contribution in [2.45, 2.75) is 13.3 Å². The third-order valence-corrected chi connectivity index (χ3v) is 1.21. The predicted octanol–water partition coefficient (Wildman–Crippen LogP) is 0.427. The van der Waals surface area contributed by atoms with Crippen LogP contribution in [0.4, 0.5) is 0 Å². The zero-order valence-electron chi connectivity index (χ0n) is 6.02.